The highest BCUT2D eigenvalue weighted by molar-refractivity contribution is 6.33. The Labute approximate surface area is 130 Å². The Morgan fingerprint density at radius 2 is 1.70 bits per heavy atom. The van der Waals surface area contributed by atoms with Crippen molar-refractivity contribution < 1.29 is 5.11 Å². The van der Waals surface area contributed by atoms with Gasteiger partial charge in [-0.3, -0.25) is 0 Å². The van der Waals surface area contributed by atoms with Crippen LogP contribution >= 0.6 is 23.2 Å². The van der Waals surface area contributed by atoms with E-state index < -0.39 is 5.60 Å². The van der Waals surface area contributed by atoms with E-state index in [0.29, 0.717) is 12.3 Å². The van der Waals surface area contributed by atoms with Crippen molar-refractivity contribution in [1.82, 2.24) is 0 Å². The SMILES string of the molecule is CC(O)(CCCCl)c1ccc(-c2ccccc2Cl)cc1. The van der Waals surface area contributed by atoms with Crippen LogP contribution in [0.1, 0.15) is 25.3 Å². The van der Waals surface area contributed by atoms with E-state index in [1.54, 1.807) is 0 Å². The zero-order valence-corrected chi connectivity index (χ0v) is 13.0. The van der Waals surface area contributed by atoms with Gasteiger partial charge >= 0.3 is 0 Å². The first kappa shape index (κ1) is 15.4. The van der Waals surface area contributed by atoms with Crippen LogP contribution < -0.4 is 0 Å². The van der Waals surface area contributed by atoms with Crippen molar-refractivity contribution in [3.63, 3.8) is 0 Å². The molecule has 0 fully saturated rings. The van der Waals surface area contributed by atoms with Gasteiger partial charge in [0.15, 0.2) is 0 Å². The molecule has 0 saturated heterocycles. The van der Waals surface area contributed by atoms with E-state index in [2.05, 4.69) is 0 Å². The van der Waals surface area contributed by atoms with Crippen molar-refractivity contribution in [2.24, 2.45) is 0 Å². The van der Waals surface area contributed by atoms with Gasteiger partial charge < -0.3 is 5.11 Å². The predicted molar refractivity (Wildman–Crippen MR) is 86.4 cm³/mol. The molecule has 0 aliphatic heterocycles. The molecule has 0 aromatic heterocycles. The van der Waals surface area contributed by atoms with Crippen molar-refractivity contribution >= 4 is 23.2 Å². The molecule has 1 nitrogen and oxygen atoms in total. The molecule has 3 heteroatoms. The molecule has 0 heterocycles. The number of aliphatic hydroxyl groups is 1. The van der Waals surface area contributed by atoms with Crippen LogP contribution in [-0.2, 0) is 5.60 Å². The van der Waals surface area contributed by atoms with Gasteiger partial charge in [-0.05, 0) is 37.0 Å². The number of rotatable bonds is 5. The van der Waals surface area contributed by atoms with Gasteiger partial charge in [0.2, 0.25) is 0 Å². The third-order valence-electron chi connectivity index (χ3n) is 3.49. The zero-order valence-electron chi connectivity index (χ0n) is 11.4. The first-order chi connectivity index (χ1) is 9.54. The number of hydrogen-bond acceptors (Lipinski definition) is 1. The summed E-state index contributed by atoms with van der Waals surface area (Å²) in [6, 6.07) is 15.6. The lowest BCUT2D eigenvalue weighted by Crippen LogP contribution is -2.21. The molecule has 0 aliphatic rings. The average Bonchev–Trinajstić information content (AvgIpc) is 2.46. The minimum atomic E-state index is -0.839. The predicted octanol–water partition coefficient (Wildman–Crippen LogP) is 5.23. The number of benzene rings is 2. The Morgan fingerprint density at radius 3 is 2.30 bits per heavy atom. The second-order valence-electron chi connectivity index (χ2n) is 5.12. The highest BCUT2D eigenvalue weighted by atomic mass is 35.5. The van der Waals surface area contributed by atoms with E-state index >= 15 is 0 Å². The Bertz CT molecular complexity index is 561. The molecule has 2 aromatic rings. The molecule has 2 aromatic carbocycles. The summed E-state index contributed by atoms with van der Waals surface area (Å²) in [5.41, 5.74) is 2.11. The first-order valence-electron chi connectivity index (χ1n) is 6.68. The van der Waals surface area contributed by atoms with Crippen molar-refractivity contribution in [3.8, 4) is 11.1 Å². The summed E-state index contributed by atoms with van der Waals surface area (Å²) in [6.45, 7) is 1.82. The topological polar surface area (TPSA) is 20.2 Å². The standard InChI is InChI=1S/C17H18Cl2O/c1-17(20,11-4-12-18)14-9-7-13(8-10-14)15-5-2-3-6-16(15)19/h2-3,5-10,20H,4,11-12H2,1H3. The summed E-state index contributed by atoms with van der Waals surface area (Å²) in [5, 5.41) is 11.2. The summed E-state index contributed by atoms with van der Waals surface area (Å²) in [6.07, 6.45) is 1.45. The lowest BCUT2D eigenvalue weighted by molar-refractivity contribution is 0.0472. The van der Waals surface area contributed by atoms with E-state index in [1.165, 1.54) is 0 Å². The third-order valence-corrected chi connectivity index (χ3v) is 4.09. The largest absolute Gasteiger partial charge is 0.385 e. The molecule has 2 rings (SSSR count). The van der Waals surface area contributed by atoms with Crippen molar-refractivity contribution in [2.75, 3.05) is 5.88 Å². The van der Waals surface area contributed by atoms with Gasteiger partial charge in [0.1, 0.15) is 0 Å². The summed E-state index contributed by atoms with van der Waals surface area (Å²) in [7, 11) is 0. The van der Waals surface area contributed by atoms with Crippen LogP contribution in [0.3, 0.4) is 0 Å². The minimum Gasteiger partial charge on any atom is -0.385 e. The summed E-state index contributed by atoms with van der Waals surface area (Å²) >= 11 is 11.9. The maximum atomic E-state index is 10.4. The monoisotopic (exact) mass is 308 g/mol. The van der Waals surface area contributed by atoms with Crippen molar-refractivity contribution in [1.29, 1.82) is 0 Å². The van der Waals surface area contributed by atoms with Gasteiger partial charge in [0.05, 0.1) is 5.60 Å². The molecule has 0 spiro atoms. The van der Waals surface area contributed by atoms with Crippen molar-refractivity contribution in [3.05, 3.63) is 59.1 Å². The molecule has 0 saturated carbocycles. The quantitative estimate of drug-likeness (QED) is 0.749. The van der Waals surface area contributed by atoms with Crippen LogP contribution in [-0.4, -0.2) is 11.0 Å². The Balaban J connectivity index is 2.24. The van der Waals surface area contributed by atoms with Crippen LogP contribution in [0.5, 0.6) is 0 Å². The molecule has 106 valence electrons. The highest BCUT2D eigenvalue weighted by Crippen LogP contribution is 2.31. The fraction of sp³-hybridized carbons (Fsp3) is 0.294. The van der Waals surface area contributed by atoms with Gasteiger partial charge in [0.25, 0.3) is 0 Å². The lowest BCUT2D eigenvalue weighted by atomic mass is 9.90. The van der Waals surface area contributed by atoms with Crippen LogP contribution in [0.25, 0.3) is 11.1 Å². The third kappa shape index (κ3) is 3.54. The van der Waals surface area contributed by atoms with Crippen molar-refractivity contribution in [2.45, 2.75) is 25.4 Å². The van der Waals surface area contributed by atoms with Gasteiger partial charge in [0, 0.05) is 16.5 Å². The van der Waals surface area contributed by atoms with Crippen LogP contribution in [0.15, 0.2) is 48.5 Å². The fourth-order valence-electron chi connectivity index (χ4n) is 2.26. The normalized spacial score (nSPS) is 14.0. The molecule has 1 atom stereocenters. The molecule has 0 amide bonds. The number of halogens is 2. The first-order valence-corrected chi connectivity index (χ1v) is 7.59. The molecule has 1 N–H and O–H groups in total. The minimum absolute atomic E-state index is 0.563. The molecular formula is C17H18Cl2O. The number of alkyl halides is 1. The second-order valence-corrected chi connectivity index (χ2v) is 5.91. The Kier molecular flexibility index (Phi) is 5.09. The van der Waals surface area contributed by atoms with E-state index in [-0.39, 0.29) is 0 Å². The second kappa shape index (κ2) is 6.62. The maximum Gasteiger partial charge on any atom is 0.0869 e. The lowest BCUT2D eigenvalue weighted by Gasteiger charge is -2.23. The van der Waals surface area contributed by atoms with E-state index in [4.69, 9.17) is 23.2 Å². The Hall–Kier alpha value is -1.02. The van der Waals surface area contributed by atoms with Gasteiger partial charge in [-0.15, -0.1) is 11.6 Å². The average molecular weight is 309 g/mol. The highest BCUT2D eigenvalue weighted by Gasteiger charge is 2.22. The summed E-state index contributed by atoms with van der Waals surface area (Å²) < 4.78 is 0. The molecule has 0 aliphatic carbocycles. The summed E-state index contributed by atoms with van der Waals surface area (Å²) in [5.74, 6) is 0.563. The molecule has 0 radical (unpaired) electrons. The molecule has 20 heavy (non-hydrogen) atoms. The van der Waals surface area contributed by atoms with E-state index in [9.17, 15) is 5.11 Å². The Morgan fingerprint density at radius 1 is 1.05 bits per heavy atom. The van der Waals surface area contributed by atoms with Crippen LogP contribution in [0.2, 0.25) is 5.02 Å². The van der Waals surface area contributed by atoms with Gasteiger partial charge in [-0.1, -0.05) is 54.1 Å². The maximum absolute atomic E-state index is 10.4. The molecule has 0 bridgehead atoms. The van der Waals surface area contributed by atoms with Crippen LogP contribution in [0.4, 0.5) is 0 Å². The molecule has 1 unspecified atom stereocenters. The van der Waals surface area contributed by atoms with Gasteiger partial charge in [-0.2, -0.15) is 0 Å². The fourth-order valence-corrected chi connectivity index (χ4v) is 2.64. The zero-order chi connectivity index (χ0) is 14.6. The van der Waals surface area contributed by atoms with Gasteiger partial charge in [-0.25, -0.2) is 0 Å². The van der Waals surface area contributed by atoms with E-state index in [1.807, 2.05) is 55.5 Å². The number of hydrogen-bond donors (Lipinski definition) is 1. The van der Waals surface area contributed by atoms with Crippen LogP contribution in [0, 0.1) is 0 Å². The smallest absolute Gasteiger partial charge is 0.0869 e. The van der Waals surface area contributed by atoms with E-state index in [0.717, 1.165) is 28.1 Å². The molecular weight excluding hydrogens is 291 g/mol. The summed E-state index contributed by atoms with van der Waals surface area (Å²) in [4.78, 5) is 0.